The lowest BCUT2D eigenvalue weighted by atomic mass is 9.81. The third-order valence-electron chi connectivity index (χ3n) is 4.61. The molecule has 3 heteroatoms. The largest absolute Gasteiger partial charge is 0.370 e. The van der Waals surface area contributed by atoms with Gasteiger partial charge in [-0.2, -0.15) is 0 Å². The molecule has 19 heavy (non-hydrogen) atoms. The fourth-order valence-electron chi connectivity index (χ4n) is 3.04. The van der Waals surface area contributed by atoms with Crippen LogP contribution in [-0.2, 0) is 14.2 Å². The topological polar surface area (TPSA) is 27.7 Å². The maximum Gasteiger partial charge on any atom is 0.184 e. The number of hydrogen-bond donors (Lipinski definition) is 0. The predicted octanol–water partition coefficient (Wildman–Crippen LogP) is 3.16. The standard InChI is InChI=1S/C16H22O3/c1-10-11(2)15-14(18-12(10)3)9-17-16(19-15)13-7-5-4-6-8-13/h4-8,10-12,14-16H,9H2,1-3H3/t10?,11-,12+,14?,15-,16?/m1/s1. The molecule has 104 valence electrons. The molecule has 3 unspecified atom stereocenters. The fraction of sp³-hybridized carbons (Fsp3) is 0.625. The highest BCUT2D eigenvalue weighted by molar-refractivity contribution is 5.16. The Kier molecular flexibility index (Phi) is 3.61. The van der Waals surface area contributed by atoms with Crippen molar-refractivity contribution in [3.8, 4) is 0 Å². The van der Waals surface area contributed by atoms with Crippen LogP contribution in [0.5, 0.6) is 0 Å². The lowest BCUT2D eigenvalue weighted by Crippen LogP contribution is -2.54. The van der Waals surface area contributed by atoms with E-state index in [4.69, 9.17) is 14.2 Å². The minimum atomic E-state index is -0.255. The Morgan fingerprint density at radius 1 is 0.947 bits per heavy atom. The third kappa shape index (κ3) is 2.42. The van der Waals surface area contributed by atoms with Gasteiger partial charge in [0.1, 0.15) is 6.10 Å². The van der Waals surface area contributed by atoms with Gasteiger partial charge in [0.05, 0.1) is 18.8 Å². The first-order valence-corrected chi connectivity index (χ1v) is 7.14. The van der Waals surface area contributed by atoms with Crippen molar-refractivity contribution < 1.29 is 14.2 Å². The van der Waals surface area contributed by atoms with E-state index in [-0.39, 0.29) is 24.6 Å². The molecule has 2 heterocycles. The summed E-state index contributed by atoms with van der Waals surface area (Å²) in [6.45, 7) is 7.25. The molecular formula is C16H22O3. The van der Waals surface area contributed by atoms with Crippen LogP contribution in [0.15, 0.2) is 30.3 Å². The zero-order chi connectivity index (χ0) is 13.4. The number of hydrogen-bond acceptors (Lipinski definition) is 3. The smallest absolute Gasteiger partial charge is 0.184 e. The van der Waals surface area contributed by atoms with E-state index in [0.29, 0.717) is 18.4 Å². The molecular weight excluding hydrogens is 240 g/mol. The number of fused-ring (bicyclic) bond motifs is 1. The summed E-state index contributed by atoms with van der Waals surface area (Å²) >= 11 is 0. The zero-order valence-corrected chi connectivity index (χ0v) is 11.8. The molecule has 1 aromatic rings. The van der Waals surface area contributed by atoms with Crippen LogP contribution in [-0.4, -0.2) is 24.9 Å². The lowest BCUT2D eigenvalue weighted by molar-refractivity contribution is -0.308. The van der Waals surface area contributed by atoms with Crippen molar-refractivity contribution in [2.45, 2.75) is 45.4 Å². The summed E-state index contributed by atoms with van der Waals surface area (Å²) in [6, 6.07) is 10.1. The highest BCUT2D eigenvalue weighted by atomic mass is 16.7. The van der Waals surface area contributed by atoms with E-state index in [1.54, 1.807) is 0 Å². The second-order valence-corrected chi connectivity index (χ2v) is 5.77. The van der Waals surface area contributed by atoms with Crippen molar-refractivity contribution in [2.24, 2.45) is 11.8 Å². The van der Waals surface area contributed by atoms with Crippen molar-refractivity contribution in [1.82, 2.24) is 0 Å². The van der Waals surface area contributed by atoms with Gasteiger partial charge in [0.2, 0.25) is 0 Å². The fourth-order valence-corrected chi connectivity index (χ4v) is 3.04. The molecule has 3 rings (SSSR count). The molecule has 0 aliphatic carbocycles. The zero-order valence-electron chi connectivity index (χ0n) is 11.8. The minimum absolute atomic E-state index is 0.0705. The molecule has 0 N–H and O–H groups in total. The van der Waals surface area contributed by atoms with Crippen LogP contribution in [0.2, 0.25) is 0 Å². The summed E-state index contributed by atoms with van der Waals surface area (Å²) in [7, 11) is 0. The predicted molar refractivity (Wildman–Crippen MR) is 72.7 cm³/mol. The van der Waals surface area contributed by atoms with Crippen LogP contribution in [0.4, 0.5) is 0 Å². The summed E-state index contributed by atoms with van der Waals surface area (Å²) in [5, 5.41) is 0. The first kappa shape index (κ1) is 13.1. The van der Waals surface area contributed by atoms with E-state index >= 15 is 0 Å². The number of benzene rings is 1. The second kappa shape index (κ2) is 5.23. The van der Waals surface area contributed by atoms with Gasteiger partial charge in [0.25, 0.3) is 0 Å². The van der Waals surface area contributed by atoms with Gasteiger partial charge in [-0.15, -0.1) is 0 Å². The van der Waals surface area contributed by atoms with Gasteiger partial charge in [-0.1, -0.05) is 44.2 Å². The highest BCUT2D eigenvalue weighted by Crippen LogP contribution is 2.38. The van der Waals surface area contributed by atoms with E-state index < -0.39 is 0 Å². The third-order valence-corrected chi connectivity index (χ3v) is 4.61. The van der Waals surface area contributed by atoms with Crippen LogP contribution in [0.3, 0.4) is 0 Å². The summed E-state index contributed by atoms with van der Waals surface area (Å²) < 4.78 is 18.0. The molecule has 0 bridgehead atoms. The number of rotatable bonds is 1. The van der Waals surface area contributed by atoms with Crippen molar-refractivity contribution in [1.29, 1.82) is 0 Å². The Morgan fingerprint density at radius 2 is 1.68 bits per heavy atom. The molecule has 0 spiro atoms. The molecule has 0 saturated carbocycles. The van der Waals surface area contributed by atoms with Gasteiger partial charge in [-0.25, -0.2) is 0 Å². The highest BCUT2D eigenvalue weighted by Gasteiger charge is 2.44. The van der Waals surface area contributed by atoms with Crippen LogP contribution in [0.25, 0.3) is 0 Å². The molecule has 2 aliphatic heterocycles. The molecule has 2 saturated heterocycles. The Labute approximate surface area is 114 Å². The van der Waals surface area contributed by atoms with Crippen LogP contribution in [0.1, 0.15) is 32.6 Å². The van der Waals surface area contributed by atoms with Crippen LogP contribution >= 0.6 is 0 Å². The maximum absolute atomic E-state index is 6.16. The maximum atomic E-state index is 6.16. The van der Waals surface area contributed by atoms with Gasteiger partial charge < -0.3 is 14.2 Å². The van der Waals surface area contributed by atoms with Gasteiger partial charge in [0.15, 0.2) is 6.29 Å². The van der Waals surface area contributed by atoms with Crippen molar-refractivity contribution in [2.75, 3.05) is 6.61 Å². The van der Waals surface area contributed by atoms with Gasteiger partial charge in [-0.3, -0.25) is 0 Å². The van der Waals surface area contributed by atoms with E-state index in [1.807, 2.05) is 30.3 Å². The molecule has 0 radical (unpaired) electrons. The van der Waals surface area contributed by atoms with Gasteiger partial charge in [-0.05, 0) is 18.8 Å². The SMILES string of the molecule is CC1[C@H](C)OC2COC(c3ccccc3)O[C@@H]2[C@@H]1C. The molecule has 3 nitrogen and oxygen atoms in total. The summed E-state index contributed by atoms with van der Waals surface area (Å²) in [4.78, 5) is 0. The molecule has 2 aliphatic rings. The van der Waals surface area contributed by atoms with E-state index in [9.17, 15) is 0 Å². The Balaban J connectivity index is 1.75. The minimum Gasteiger partial charge on any atom is -0.370 e. The quantitative estimate of drug-likeness (QED) is 0.778. The van der Waals surface area contributed by atoms with Crippen LogP contribution in [0, 0.1) is 11.8 Å². The molecule has 6 atom stereocenters. The second-order valence-electron chi connectivity index (χ2n) is 5.77. The summed E-state index contributed by atoms with van der Waals surface area (Å²) in [5.41, 5.74) is 1.08. The van der Waals surface area contributed by atoms with Crippen molar-refractivity contribution >= 4 is 0 Å². The number of ether oxygens (including phenoxy) is 3. The monoisotopic (exact) mass is 262 g/mol. The van der Waals surface area contributed by atoms with Crippen molar-refractivity contribution in [3.63, 3.8) is 0 Å². The average molecular weight is 262 g/mol. The molecule has 2 fully saturated rings. The van der Waals surface area contributed by atoms with E-state index in [1.165, 1.54) is 0 Å². The Hall–Kier alpha value is -0.900. The van der Waals surface area contributed by atoms with E-state index in [2.05, 4.69) is 20.8 Å². The summed E-state index contributed by atoms with van der Waals surface area (Å²) in [6.07, 6.45) is 0.220. The van der Waals surface area contributed by atoms with Crippen LogP contribution < -0.4 is 0 Å². The van der Waals surface area contributed by atoms with E-state index in [0.717, 1.165) is 5.56 Å². The average Bonchev–Trinajstić information content (AvgIpc) is 2.46. The first-order chi connectivity index (χ1) is 9.16. The normalized spacial score (nSPS) is 42.7. The Morgan fingerprint density at radius 3 is 2.42 bits per heavy atom. The summed E-state index contributed by atoms with van der Waals surface area (Å²) in [5.74, 6) is 1.000. The lowest BCUT2D eigenvalue weighted by Gasteiger charge is -2.47. The van der Waals surface area contributed by atoms with Crippen molar-refractivity contribution in [3.05, 3.63) is 35.9 Å². The molecule has 1 aromatic carbocycles. The Bertz CT molecular complexity index is 417. The first-order valence-electron chi connectivity index (χ1n) is 7.14. The molecule has 0 aromatic heterocycles. The van der Waals surface area contributed by atoms with Gasteiger partial charge >= 0.3 is 0 Å². The molecule has 0 amide bonds. The van der Waals surface area contributed by atoms with Gasteiger partial charge in [0, 0.05) is 5.56 Å².